The Morgan fingerprint density at radius 2 is 1.93 bits per heavy atom. The minimum Gasteiger partial charge on any atom is -0.354 e. The summed E-state index contributed by atoms with van der Waals surface area (Å²) in [5.74, 6) is -1.62. The van der Waals surface area contributed by atoms with Gasteiger partial charge >= 0.3 is 6.03 Å². The van der Waals surface area contributed by atoms with Gasteiger partial charge < -0.3 is 10.6 Å². The second-order valence-corrected chi connectivity index (χ2v) is 7.06. The van der Waals surface area contributed by atoms with Gasteiger partial charge in [0.25, 0.3) is 5.91 Å². The van der Waals surface area contributed by atoms with Gasteiger partial charge in [-0.2, -0.15) is 0 Å². The Balaban J connectivity index is 1.64. The van der Waals surface area contributed by atoms with Crippen LogP contribution in [0.3, 0.4) is 0 Å². The number of halogens is 2. The zero-order chi connectivity index (χ0) is 20.3. The van der Waals surface area contributed by atoms with Crippen LogP contribution in [0.4, 0.5) is 9.18 Å². The van der Waals surface area contributed by atoms with Crippen LogP contribution >= 0.6 is 11.6 Å². The topological polar surface area (TPSA) is 78.5 Å². The fraction of sp³-hybridized carbons (Fsp3) is 0.250. The van der Waals surface area contributed by atoms with Gasteiger partial charge in [0, 0.05) is 17.1 Å². The van der Waals surface area contributed by atoms with Crippen molar-refractivity contribution in [1.29, 1.82) is 0 Å². The van der Waals surface area contributed by atoms with Crippen molar-refractivity contribution in [3.63, 3.8) is 0 Å². The first kappa shape index (κ1) is 19.8. The molecule has 0 saturated carbocycles. The third-order valence-corrected chi connectivity index (χ3v) is 4.94. The molecule has 1 aliphatic rings. The van der Waals surface area contributed by atoms with Gasteiger partial charge in [-0.1, -0.05) is 48.0 Å². The molecule has 0 radical (unpaired) electrons. The van der Waals surface area contributed by atoms with E-state index in [4.69, 9.17) is 11.6 Å². The molecule has 6 nitrogen and oxygen atoms in total. The van der Waals surface area contributed by atoms with Crippen molar-refractivity contribution in [2.75, 3.05) is 13.1 Å². The van der Waals surface area contributed by atoms with E-state index in [1.54, 1.807) is 0 Å². The molecule has 2 N–H and O–H groups in total. The van der Waals surface area contributed by atoms with Crippen LogP contribution in [0.2, 0.25) is 5.02 Å². The molecule has 2 aromatic carbocycles. The molecule has 1 unspecified atom stereocenters. The summed E-state index contributed by atoms with van der Waals surface area (Å²) in [4.78, 5) is 38.1. The molecule has 0 aliphatic carbocycles. The number of rotatable bonds is 6. The van der Waals surface area contributed by atoms with Gasteiger partial charge in [-0.05, 0) is 31.0 Å². The highest BCUT2D eigenvalue weighted by atomic mass is 35.5. The van der Waals surface area contributed by atoms with Gasteiger partial charge in [0.05, 0.1) is 0 Å². The first-order valence-electron chi connectivity index (χ1n) is 8.71. The number of nitrogens with one attached hydrogen (secondary N) is 2. The second kappa shape index (κ2) is 7.98. The van der Waals surface area contributed by atoms with Crippen LogP contribution in [-0.2, 0) is 21.5 Å². The summed E-state index contributed by atoms with van der Waals surface area (Å²) >= 11 is 6.05. The van der Waals surface area contributed by atoms with Crippen LogP contribution in [0, 0.1) is 5.82 Å². The van der Waals surface area contributed by atoms with Crippen molar-refractivity contribution in [2.24, 2.45) is 0 Å². The van der Waals surface area contributed by atoms with Gasteiger partial charge in [-0.25, -0.2) is 9.18 Å². The fourth-order valence-corrected chi connectivity index (χ4v) is 3.46. The Hall–Kier alpha value is -2.93. The molecular weight excluding hydrogens is 385 g/mol. The van der Waals surface area contributed by atoms with E-state index >= 15 is 0 Å². The number of benzene rings is 2. The molecule has 146 valence electrons. The van der Waals surface area contributed by atoms with Crippen LogP contribution in [0.15, 0.2) is 48.5 Å². The van der Waals surface area contributed by atoms with Crippen molar-refractivity contribution in [3.8, 4) is 0 Å². The lowest BCUT2D eigenvalue weighted by molar-refractivity contribution is -0.134. The lowest BCUT2D eigenvalue weighted by atomic mass is 9.92. The highest BCUT2D eigenvalue weighted by molar-refractivity contribution is 6.32. The summed E-state index contributed by atoms with van der Waals surface area (Å²) in [7, 11) is 0. The van der Waals surface area contributed by atoms with Crippen molar-refractivity contribution < 1.29 is 18.8 Å². The molecule has 1 saturated heterocycles. The van der Waals surface area contributed by atoms with Gasteiger partial charge in [-0.15, -0.1) is 0 Å². The van der Waals surface area contributed by atoms with E-state index in [0.717, 1.165) is 22.6 Å². The summed E-state index contributed by atoms with van der Waals surface area (Å²) in [6.07, 6.45) is 0.635. The zero-order valence-corrected chi connectivity index (χ0v) is 15.9. The van der Waals surface area contributed by atoms with Gasteiger partial charge in [0.1, 0.15) is 17.9 Å². The Bertz CT molecular complexity index is 922. The third-order valence-electron chi connectivity index (χ3n) is 4.63. The molecule has 0 spiro atoms. The van der Waals surface area contributed by atoms with Gasteiger partial charge in [-0.3, -0.25) is 14.5 Å². The quantitative estimate of drug-likeness (QED) is 0.728. The van der Waals surface area contributed by atoms with Gasteiger partial charge in [0.2, 0.25) is 5.91 Å². The molecule has 1 atom stereocenters. The predicted octanol–water partition coefficient (Wildman–Crippen LogP) is 2.61. The van der Waals surface area contributed by atoms with Crippen molar-refractivity contribution in [2.45, 2.75) is 18.9 Å². The average molecular weight is 404 g/mol. The fourth-order valence-electron chi connectivity index (χ4n) is 3.11. The third kappa shape index (κ3) is 3.99. The van der Waals surface area contributed by atoms with E-state index in [1.165, 1.54) is 13.0 Å². The molecule has 0 bridgehead atoms. The molecule has 2 aromatic rings. The summed E-state index contributed by atoms with van der Waals surface area (Å²) in [5.41, 5.74) is -0.135. The maximum absolute atomic E-state index is 13.3. The lowest BCUT2D eigenvalue weighted by Gasteiger charge is -2.23. The van der Waals surface area contributed by atoms with E-state index < -0.39 is 35.7 Å². The first-order chi connectivity index (χ1) is 13.3. The SMILES string of the molecule is CC1(c2ccc(F)cc2Cl)NC(=O)N(CC(=O)NCCc2ccccc2)C1=O. The highest BCUT2D eigenvalue weighted by Crippen LogP contribution is 2.33. The minimum absolute atomic E-state index is 0.0188. The Kier molecular flexibility index (Phi) is 5.65. The van der Waals surface area contributed by atoms with Crippen molar-refractivity contribution >= 4 is 29.4 Å². The number of hydrogen-bond acceptors (Lipinski definition) is 3. The largest absolute Gasteiger partial charge is 0.354 e. The molecule has 1 aliphatic heterocycles. The van der Waals surface area contributed by atoms with E-state index in [2.05, 4.69) is 10.6 Å². The van der Waals surface area contributed by atoms with E-state index in [-0.39, 0.29) is 10.6 Å². The normalized spacial score (nSPS) is 18.9. The Labute approximate surface area is 166 Å². The van der Waals surface area contributed by atoms with Crippen LogP contribution < -0.4 is 10.6 Å². The summed E-state index contributed by atoms with van der Waals surface area (Å²) < 4.78 is 13.3. The molecule has 0 aromatic heterocycles. The molecule has 3 rings (SSSR count). The molecule has 8 heteroatoms. The van der Waals surface area contributed by atoms with Gasteiger partial charge in [0.15, 0.2) is 0 Å². The lowest BCUT2D eigenvalue weighted by Crippen LogP contribution is -2.43. The number of hydrogen-bond donors (Lipinski definition) is 2. The average Bonchev–Trinajstić information content (AvgIpc) is 2.86. The molecule has 1 heterocycles. The summed E-state index contributed by atoms with van der Waals surface area (Å²) in [6.45, 7) is 1.45. The summed E-state index contributed by atoms with van der Waals surface area (Å²) in [5, 5.41) is 5.26. The predicted molar refractivity (Wildman–Crippen MR) is 102 cm³/mol. The van der Waals surface area contributed by atoms with Crippen LogP contribution in [0.1, 0.15) is 18.1 Å². The van der Waals surface area contributed by atoms with Crippen LogP contribution in [0.5, 0.6) is 0 Å². The number of carbonyl (C=O) groups excluding carboxylic acids is 3. The van der Waals surface area contributed by atoms with Crippen LogP contribution in [-0.4, -0.2) is 35.8 Å². The Morgan fingerprint density at radius 3 is 2.61 bits per heavy atom. The number of carbonyl (C=O) groups is 3. The van der Waals surface area contributed by atoms with Crippen LogP contribution in [0.25, 0.3) is 0 Å². The number of nitrogens with zero attached hydrogens (tertiary/aromatic N) is 1. The van der Waals surface area contributed by atoms with E-state index in [1.807, 2.05) is 30.3 Å². The second-order valence-electron chi connectivity index (χ2n) is 6.66. The zero-order valence-electron chi connectivity index (χ0n) is 15.2. The maximum atomic E-state index is 13.3. The molecule has 4 amide bonds. The number of imide groups is 1. The van der Waals surface area contributed by atoms with Crippen molar-refractivity contribution in [3.05, 3.63) is 70.5 Å². The summed E-state index contributed by atoms with van der Waals surface area (Å²) in [6, 6.07) is 12.5. The molecule has 28 heavy (non-hydrogen) atoms. The molecule has 1 fully saturated rings. The monoisotopic (exact) mass is 403 g/mol. The number of urea groups is 1. The standard InChI is InChI=1S/C20H19ClFN3O3/c1-20(15-8-7-14(22)11-16(15)21)18(27)25(19(28)24-20)12-17(26)23-10-9-13-5-3-2-4-6-13/h2-8,11H,9-10,12H2,1H3,(H,23,26)(H,24,28). The van der Waals surface area contributed by atoms with E-state index in [9.17, 15) is 18.8 Å². The number of amides is 4. The van der Waals surface area contributed by atoms with Crippen molar-refractivity contribution in [1.82, 2.24) is 15.5 Å². The maximum Gasteiger partial charge on any atom is 0.325 e. The smallest absolute Gasteiger partial charge is 0.325 e. The first-order valence-corrected chi connectivity index (χ1v) is 9.09. The Morgan fingerprint density at radius 1 is 1.21 bits per heavy atom. The highest BCUT2D eigenvalue weighted by Gasteiger charge is 2.50. The minimum atomic E-state index is -1.47. The molecular formula is C20H19ClFN3O3. The van der Waals surface area contributed by atoms with E-state index in [0.29, 0.717) is 13.0 Å².